The van der Waals surface area contributed by atoms with Gasteiger partial charge in [0.1, 0.15) is 0 Å². The van der Waals surface area contributed by atoms with Gasteiger partial charge in [-0.1, -0.05) is 42.8 Å². The van der Waals surface area contributed by atoms with E-state index in [1.54, 1.807) is 12.1 Å². The first kappa shape index (κ1) is 19.8. The first-order valence-corrected chi connectivity index (χ1v) is 9.45. The maximum Gasteiger partial charge on any atom is 0.306 e. The molecule has 1 aromatic heterocycles. The monoisotopic (exact) mass is 373 g/mol. The minimum absolute atomic E-state index is 0.0286. The molecule has 1 heterocycles. The third-order valence-corrected chi connectivity index (χ3v) is 4.85. The van der Waals surface area contributed by atoms with Gasteiger partial charge in [0, 0.05) is 6.42 Å². The van der Waals surface area contributed by atoms with Crippen LogP contribution in [-0.2, 0) is 14.3 Å². The van der Waals surface area contributed by atoms with Gasteiger partial charge < -0.3 is 10.1 Å². The number of hydrogen-bond donors (Lipinski definition) is 1. The van der Waals surface area contributed by atoms with Crippen LogP contribution in [0, 0.1) is 6.92 Å². The van der Waals surface area contributed by atoms with Gasteiger partial charge in [0.25, 0.3) is 5.91 Å². The number of aryl methyl sites for hydroxylation is 1. The molecule has 1 amide bonds. The number of rotatable bonds is 9. The summed E-state index contributed by atoms with van der Waals surface area (Å²) in [6.07, 6.45) is 0.791. The van der Waals surface area contributed by atoms with Gasteiger partial charge in [0.15, 0.2) is 12.4 Å². The van der Waals surface area contributed by atoms with Crippen LogP contribution < -0.4 is 5.32 Å². The van der Waals surface area contributed by atoms with Crippen LogP contribution in [0.3, 0.4) is 0 Å². The standard InChI is InChI=1S/C20H23NO4S/c1-3-16(15-8-6-14(2)7-9-15)21-19(23)13-25-20(24)11-10-17(22)18-5-4-12-26-18/h4-9,12,16H,3,10-11,13H2,1-2H3,(H,21,23)/t16-/m1/s1. The number of nitrogens with one attached hydrogen (secondary N) is 1. The molecule has 0 aliphatic rings. The van der Waals surface area contributed by atoms with Crippen molar-refractivity contribution in [3.63, 3.8) is 0 Å². The molecular weight excluding hydrogens is 350 g/mol. The molecule has 2 aromatic rings. The predicted octanol–water partition coefficient (Wildman–Crippen LogP) is 3.83. The smallest absolute Gasteiger partial charge is 0.306 e. The zero-order chi connectivity index (χ0) is 18.9. The lowest BCUT2D eigenvalue weighted by Crippen LogP contribution is -2.32. The van der Waals surface area contributed by atoms with Gasteiger partial charge >= 0.3 is 5.97 Å². The molecule has 0 fully saturated rings. The number of amides is 1. The minimum atomic E-state index is -0.548. The lowest BCUT2D eigenvalue weighted by molar-refractivity contribution is -0.148. The summed E-state index contributed by atoms with van der Waals surface area (Å²) in [6, 6.07) is 11.3. The summed E-state index contributed by atoms with van der Waals surface area (Å²) in [7, 11) is 0. The fourth-order valence-corrected chi connectivity index (χ4v) is 3.14. The van der Waals surface area contributed by atoms with Crippen LogP contribution in [0.4, 0.5) is 0 Å². The summed E-state index contributed by atoms with van der Waals surface area (Å²) < 4.78 is 4.97. The Morgan fingerprint density at radius 3 is 2.46 bits per heavy atom. The summed E-state index contributed by atoms with van der Waals surface area (Å²) in [5.74, 6) is -0.990. The Morgan fingerprint density at radius 2 is 1.85 bits per heavy atom. The molecule has 0 aliphatic heterocycles. The number of thiophene rings is 1. The molecule has 0 aliphatic carbocycles. The Morgan fingerprint density at radius 1 is 1.12 bits per heavy atom. The van der Waals surface area contributed by atoms with Crippen molar-refractivity contribution < 1.29 is 19.1 Å². The summed E-state index contributed by atoms with van der Waals surface area (Å²) in [6.45, 7) is 3.65. The molecule has 6 heteroatoms. The Kier molecular flexibility index (Phi) is 7.53. The fourth-order valence-electron chi connectivity index (χ4n) is 2.45. The van der Waals surface area contributed by atoms with E-state index in [0.29, 0.717) is 4.88 Å². The van der Waals surface area contributed by atoms with E-state index < -0.39 is 5.97 Å². The zero-order valence-corrected chi connectivity index (χ0v) is 15.8. The molecule has 0 bridgehead atoms. The highest BCUT2D eigenvalue weighted by atomic mass is 32.1. The van der Waals surface area contributed by atoms with E-state index in [1.165, 1.54) is 11.3 Å². The van der Waals surface area contributed by atoms with Crippen LogP contribution in [0.5, 0.6) is 0 Å². The molecule has 0 spiro atoms. The number of benzene rings is 1. The second kappa shape index (κ2) is 9.87. The maximum absolute atomic E-state index is 12.0. The van der Waals surface area contributed by atoms with Gasteiger partial charge in [-0.25, -0.2) is 0 Å². The Labute approximate surface area is 157 Å². The van der Waals surface area contributed by atoms with Crippen molar-refractivity contribution in [2.24, 2.45) is 0 Å². The molecule has 0 saturated heterocycles. The number of hydrogen-bond acceptors (Lipinski definition) is 5. The lowest BCUT2D eigenvalue weighted by Gasteiger charge is -2.17. The molecule has 0 unspecified atom stereocenters. The highest BCUT2D eigenvalue weighted by Gasteiger charge is 2.15. The molecule has 0 radical (unpaired) electrons. The van der Waals surface area contributed by atoms with Gasteiger partial charge in [-0.3, -0.25) is 14.4 Å². The third kappa shape index (κ3) is 6.11. The molecule has 138 valence electrons. The predicted molar refractivity (Wildman–Crippen MR) is 101 cm³/mol. The highest BCUT2D eigenvalue weighted by molar-refractivity contribution is 7.12. The van der Waals surface area contributed by atoms with Crippen LogP contribution in [-0.4, -0.2) is 24.3 Å². The average molecular weight is 373 g/mol. The van der Waals surface area contributed by atoms with Crippen molar-refractivity contribution in [3.05, 3.63) is 57.8 Å². The van der Waals surface area contributed by atoms with Gasteiger partial charge in [-0.05, 0) is 30.4 Å². The zero-order valence-electron chi connectivity index (χ0n) is 15.0. The second-order valence-electron chi connectivity index (χ2n) is 6.00. The number of carbonyl (C=O) groups is 3. The summed E-state index contributed by atoms with van der Waals surface area (Å²) in [5, 5.41) is 4.68. The number of esters is 1. The molecule has 0 saturated carbocycles. The van der Waals surface area contributed by atoms with E-state index in [1.807, 2.05) is 43.5 Å². The first-order valence-electron chi connectivity index (χ1n) is 8.58. The molecule has 5 nitrogen and oxygen atoms in total. The van der Waals surface area contributed by atoms with Crippen molar-refractivity contribution in [1.29, 1.82) is 0 Å². The summed E-state index contributed by atoms with van der Waals surface area (Å²) in [4.78, 5) is 36.2. The van der Waals surface area contributed by atoms with Crippen LogP contribution in [0.1, 0.15) is 53.0 Å². The molecule has 1 N–H and O–H groups in total. The highest BCUT2D eigenvalue weighted by Crippen LogP contribution is 2.17. The lowest BCUT2D eigenvalue weighted by atomic mass is 10.0. The van der Waals surface area contributed by atoms with Crippen LogP contribution in [0.2, 0.25) is 0 Å². The van der Waals surface area contributed by atoms with Crippen molar-refractivity contribution in [2.75, 3.05) is 6.61 Å². The van der Waals surface area contributed by atoms with Crippen LogP contribution >= 0.6 is 11.3 Å². The van der Waals surface area contributed by atoms with Crippen molar-refractivity contribution in [2.45, 2.75) is 39.2 Å². The molecule has 2 rings (SSSR count). The number of carbonyl (C=O) groups excluding carboxylic acids is 3. The molecular formula is C20H23NO4S. The van der Waals surface area contributed by atoms with Crippen molar-refractivity contribution in [3.8, 4) is 0 Å². The van der Waals surface area contributed by atoms with E-state index in [0.717, 1.165) is 17.5 Å². The molecule has 26 heavy (non-hydrogen) atoms. The number of Topliss-reactive ketones (excluding diaryl/α,β-unsaturated/α-hetero) is 1. The normalized spacial score (nSPS) is 11.6. The first-order chi connectivity index (χ1) is 12.5. The summed E-state index contributed by atoms with van der Waals surface area (Å²) >= 11 is 1.34. The molecule has 1 atom stereocenters. The van der Waals surface area contributed by atoms with E-state index in [9.17, 15) is 14.4 Å². The van der Waals surface area contributed by atoms with E-state index in [4.69, 9.17) is 4.74 Å². The molecule has 1 aromatic carbocycles. The van der Waals surface area contributed by atoms with Crippen molar-refractivity contribution >= 4 is 29.0 Å². The maximum atomic E-state index is 12.0. The third-order valence-electron chi connectivity index (χ3n) is 3.94. The van der Waals surface area contributed by atoms with Crippen molar-refractivity contribution in [1.82, 2.24) is 5.32 Å². The SMILES string of the molecule is CC[C@@H](NC(=O)COC(=O)CCC(=O)c1cccs1)c1ccc(C)cc1. The van der Waals surface area contributed by atoms with Crippen LogP contribution in [0.15, 0.2) is 41.8 Å². The fraction of sp³-hybridized carbons (Fsp3) is 0.350. The summed E-state index contributed by atoms with van der Waals surface area (Å²) in [5.41, 5.74) is 2.17. The number of ketones is 1. The van der Waals surface area contributed by atoms with Gasteiger partial charge in [0.2, 0.25) is 0 Å². The Bertz CT molecular complexity index is 738. The quantitative estimate of drug-likeness (QED) is 0.536. The minimum Gasteiger partial charge on any atom is -0.456 e. The van der Waals surface area contributed by atoms with Gasteiger partial charge in [-0.2, -0.15) is 0 Å². The number of ether oxygens (including phenoxy) is 1. The Balaban J connectivity index is 1.73. The van der Waals surface area contributed by atoms with E-state index >= 15 is 0 Å². The largest absolute Gasteiger partial charge is 0.456 e. The van der Waals surface area contributed by atoms with E-state index in [2.05, 4.69) is 5.32 Å². The topological polar surface area (TPSA) is 72.5 Å². The van der Waals surface area contributed by atoms with Crippen LogP contribution in [0.25, 0.3) is 0 Å². The van der Waals surface area contributed by atoms with E-state index in [-0.39, 0.29) is 37.2 Å². The Hall–Kier alpha value is -2.47. The van der Waals surface area contributed by atoms with Gasteiger partial charge in [-0.15, -0.1) is 11.3 Å². The second-order valence-corrected chi connectivity index (χ2v) is 6.95. The average Bonchev–Trinajstić information content (AvgIpc) is 3.18. The van der Waals surface area contributed by atoms with Gasteiger partial charge in [0.05, 0.1) is 17.3 Å².